The minimum atomic E-state index is 0.557. The summed E-state index contributed by atoms with van der Waals surface area (Å²) in [5.41, 5.74) is 2.28. The van der Waals surface area contributed by atoms with Crippen LogP contribution in [0.3, 0.4) is 0 Å². The fourth-order valence-corrected chi connectivity index (χ4v) is 2.06. The zero-order chi connectivity index (χ0) is 16.1. The highest BCUT2D eigenvalue weighted by Gasteiger charge is 2.05. The molecule has 0 bridgehead atoms. The predicted molar refractivity (Wildman–Crippen MR) is 88.7 cm³/mol. The van der Waals surface area contributed by atoms with E-state index in [-0.39, 0.29) is 0 Å². The number of hydrogen-bond donors (Lipinski definition) is 2. The smallest absolute Gasteiger partial charge is 0.137 e. The van der Waals surface area contributed by atoms with Crippen LogP contribution >= 0.6 is 0 Å². The van der Waals surface area contributed by atoms with E-state index in [1.54, 1.807) is 18.3 Å². The Hall–Kier alpha value is -3.46. The third kappa shape index (κ3) is 3.41. The Morgan fingerprint density at radius 2 is 1.74 bits per heavy atom. The number of anilines is 4. The van der Waals surface area contributed by atoms with Crippen LogP contribution in [0.4, 0.5) is 23.1 Å². The van der Waals surface area contributed by atoms with Gasteiger partial charge in [0.05, 0.1) is 11.3 Å². The number of rotatable bonds is 4. The molecule has 0 amide bonds. The van der Waals surface area contributed by atoms with Crippen LogP contribution in [0.2, 0.25) is 0 Å². The second-order valence-electron chi connectivity index (χ2n) is 4.86. The van der Waals surface area contributed by atoms with E-state index in [0.29, 0.717) is 22.9 Å². The molecule has 0 saturated heterocycles. The second-order valence-corrected chi connectivity index (χ2v) is 4.86. The van der Waals surface area contributed by atoms with E-state index >= 15 is 0 Å². The molecule has 0 fully saturated rings. The topological polar surface area (TPSA) is 86.5 Å². The fraction of sp³-hybridized carbons (Fsp3) is 0.0588. The van der Waals surface area contributed by atoms with Crippen molar-refractivity contribution in [1.82, 2.24) is 15.0 Å². The van der Waals surface area contributed by atoms with Crippen LogP contribution in [0.1, 0.15) is 11.1 Å². The summed E-state index contributed by atoms with van der Waals surface area (Å²) in [6.45, 7) is 1.97. The van der Waals surface area contributed by atoms with Gasteiger partial charge in [0.15, 0.2) is 0 Å². The monoisotopic (exact) mass is 302 g/mol. The van der Waals surface area contributed by atoms with Gasteiger partial charge in [0, 0.05) is 12.3 Å². The van der Waals surface area contributed by atoms with Gasteiger partial charge in [-0.15, -0.1) is 0 Å². The first kappa shape index (κ1) is 14.5. The molecule has 2 aromatic heterocycles. The molecule has 3 rings (SSSR count). The van der Waals surface area contributed by atoms with E-state index in [1.807, 2.05) is 37.3 Å². The normalized spacial score (nSPS) is 9.91. The summed E-state index contributed by atoms with van der Waals surface area (Å²) >= 11 is 0. The van der Waals surface area contributed by atoms with Gasteiger partial charge >= 0.3 is 0 Å². The standard InChI is InChI=1S/C17H14N6/c1-12-5-4-8-19-17(12)23-16-9-15(20-11-21-16)22-14-7-3-2-6-13(14)10-18/h2-9,11H,1H3,(H2,19,20,21,22,23). The maximum Gasteiger partial charge on any atom is 0.137 e. The van der Waals surface area contributed by atoms with E-state index in [2.05, 4.69) is 31.7 Å². The van der Waals surface area contributed by atoms with Gasteiger partial charge in [-0.2, -0.15) is 5.26 Å². The van der Waals surface area contributed by atoms with Crippen LogP contribution in [-0.4, -0.2) is 15.0 Å². The van der Waals surface area contributed by atoms with Gasteiger partial charge in [0.25, 0.3) is 0 Å². The molecule has 0 aliphatic rings. The van der Waals surface area contributed by atoms with Gasteiger partial charge in [0.2, 0.25) is 0 Å². The van der Waals surface area contributed by atoms with Gasteiger partial charge < -0.3 is 10.6 Å². The van der Waals surface area contributed by atoms with Crippen molar-refractivity contribution in [2.45, 2.75) is 6.92 Å². The highest BCUT2D eigenvalue weighted by molar-refractivity contribution is 5.66. The molecule has 0 aliphatic carbocycles. The molecule has 2 heterocycles. The van der Waals surface area contributed by atoms with E-state index < -0.39 is 0 Å². The van der Waals surface area contributed by atoms with Crippen molar-refractivity contribution in [3.05, 3.63) is 66.1 Å². The van der Waals surface area contributed by atoms with Crippen molar-refractivity contribution >= 4 is 23.1 Å². The number of hydrogen-bond acceptors (Lipinski definition) is 6. The Bertz CT molecular complexity index is 869. The number of aryl methyl sites for hydroxylation is 1. The molecule has 23 heavy (non-hydrogen) atoms. The summed E-state index contributed by atoms with van der Waals surface area (Å²) in [6, 6.07) is 15.0. The van der Waals surface area contributed by atoms with Crippen LogP contribution in [0.15, 0.2) is 55.0 Å². The SMILES string of the molecule is Cc1cccnc1Nc1cc(Nc2ccccc2C#N)ncn1. The third-order valence-corrected chi connectivity index (χ3v) is 3.23. The molecule has 112 valence electrons. The largest absolute Gasteiger partial charge is 0.339 e. The van der Waals surface area contributed by atoms with Crippen molar-refractivity contribution in [3.63, 3.8) is 0 Å². The average Bonchev–Trinajstić information content (AvgIpc) is 2.58. The zero-order valence-corrected chi connectivity index (χ0v) is 12.5. The van der Waals surface area contributed by atoms with Crippen molar-refractivity contribution in [3.8, 4) is 6.07 Å². The number of pyridine rings is 1. The minimum absolute atomic E-state index is 0.557. The molecular weight excluding hydrogens is 288 g/mol. The van der Waals surface area contributed by atoms with Crippen LogP contribution < -0.4 is 10.6 Å². The summed E-state index contributed by atoms with van der Waals surface area (Å²) in [5, 5.41) is 15.4. The van der Waals surface area contributed by atoms with Crippen molar-refractivity contribution in [1.29, 1.82) is 5.26 Å². The van der Waals surface area contributed by atoms with Crippen molar-refractivity contribution in [2.24, 2.45) is 0 Å². The quantitative estimate of drug-likeness (QED) is 0.766. The molecule has 0 saturated carbocycles. The lowest BCUT2D eigenvalue weighted by Crippen LogP contribution is -2.01. The molecule has 1 aromatic carbocycles. The van der Waals surface area contributed by atoms with Crippen LogP contribution in [-0.2, 0) is 0 Å². The minimum Gasteiger partial charge on any atom is -0.339 e. The summed E-state index contributed by atoms with van der Waals surface area (Å²) in [7, 11) is 0. The molecule has 0 unspecified atom stereocenters. The molecular formula is C17H14N6. The third-order valence-electron chi connectivity index (χ3n) is 3.23. The van der Waals surface area contributed by atoms with Gasteiger partial charge in [-0.3, -0.25) is 0 Å². The van der Waals surface area contributed by atoms with Crippen molar-refractivity contribution < 1.29 is 0 Å². The lowest BCUT2D eigenvalue weighted by atomic mass is 10.2. The predicted octanol–water partition coefficient (Wildman–Crippen LogP) is 3.54. The number of para-hydroxylation sites is 1. The van der Waals surface area contributed by atoms with Crippen LogP contribution in [0, 0.1) is 18.3 Å². The van der Waals surface area contributed by atoms with Gasteiger partial charge in [0.1, 0.15) is 29.9 Å². The summed E-state index contributed by atoms with van der Waals surface area (Å²) in [5.74, 6) is 1.96. The van der Waals surface area contributed by atoms with E-state index in [4.69, 9.17) is 5.26 Å². The number of nitrogens with zero attached hydrogens (tertiary/aromatic N) is 4. The summed E-state index contributed by atoms with van der Waals surface area (Å²) in [4.78, 5) is 12.7. The Balaban J connectivity index is 1.83. The summed E-state index contributed by atoms with van der Waals surface area (Å²) < 4.78 is 0. The first-order valence-electron chi connectivity index (χ1n) is 7.03. The number of aromatic nitrogens is 3. The lowest BCUT2D eigenvalue weighted by molar-refractivity contribution is 1.15. The van der Waals surface area contributed by atoms with Crippen LogP contribution in [0.5, 0.6) is 0 Å². The molecule has 0 spiro atoms. The molecule has 2 N–H and O–H groups in total. The molecule has 6 nitrogen and oxygen atoms in total. The average molecular weight is 302 g/mol. The maximum atomic E-state index is 9.13. The second kappa shape index (κ2) is 6.54. The molecule has 6 heteroatoms. The lowest BCUT2D eigenvalue weighted by Gasteiger charge is -2.10. The zero-order valence-electron chi connectivity index (χ0n) is 12.5. The van der Waals surface area contributed by atoms with Gasteiger partial charge in [-0.05, 0) is 30.7 Å². The first-order chi connectivity index (χ1) is 11.3. The maximum absolute atomic E-state index is 9.13. The van der Waals surface area contributed by atoms with Crippen molar-refractivity contribution in [2.75, 3.05) is 10.6 Å². The number of benzene rings is 1. The number of nitriles is 1. The fourth-order valence-electron chi connectivity index (χ4n) is 2.06. The Labute approximate surface area is 133 Å². The Morgan fingerprint density at radius 1 is 0.957 bits per heavy atom. The van der Waals surface area contributed by atoms with Gasteiger partial charge in [-0.25, -0.2) is 15.0 Å². The van der Waals surface area contributed by atoms with Crippen LogP contribution in [0.25, 0.3) is 0 Å². The molecule has 0 aliphatic heterocycles. The molecule has 0 atom stereocenters. The first-order valence-corrected chi connectivity index (χ1v) is 7.03. The van der Waals surface area contributed by atoms with E-state index in [9.17, 15) is 0 Å². The number of nitrogens with one attached hydrogen (secondary N) is 2. The molecule has 0 radical (unpaired) electrons. The highest BCUT2D eigenvalue weighted by Crippen LogP contribution is 2.21. The highest BCUT2D eigenvalue weighted by atomic mass is 15.1. The summed E-state index contributed by atoms with van der Waals surface area (Å²) in [6.07, 6.45) is 3.18. The van der Waals surface area contributed by atoms with E-state index in [0.717, 1.165) is 11.4 Å². The van der Waals surface area contributed by atoms with E-state index in [1.165, 1.54) is 6.33 Å². The Morgan fingerprint density at radius 3 is 2.52 bits per heavy atom. The van der Waals surface area contributed by atoms with Gasteiger partial charge in [-0.1, -0.05) is 18.2 Å². The Kier molecular flexibility index (Phi) is 4.11. The molecule has 3 aromatic rings.